The molecular formula is C12H21N3O. The first-order valence-corrected chi connectivity index (χ1v) is 6.09. The topological polar surface area (TPSA) is 55.3 Å². The van der Waals surface area contributed by atoms with Crippen molar-refractivity contribution in [1.29, 1.82) is 0 Å². The molecule has 2 rings (SSSR count). The van der Waals surface area contributed by atoms with Gasteiger partial charge in [-0.3, -0.25) is 0 Å². The SMILES string of the molecule is CC(C)N1CCC(c2ncc(CN)o2)CC1. The molecule has 1 saturated heterocycles. The summed E-state index contributed by atoms with van der Waals surface area (Å²) < 4.78 is 5.61. The van der Waals surface area contributed by atoms with Gasteiger partial charge in [-0.1, -0.05) is 0 Å². The summed E-state index contributed by atoms with van der Waals surface area (Å²) in [5.74, 6) is 2.15. The van der Waals surface area contributed by atoms with Gasteiger partial charge >= 0.3 is 0 Å². The molecule has 0 bridgehead atoms. The summed E-state index contributed by atoms with van der Waals surface area (Å²) in [6.45, 7) is 7.22. The lowest BCUT2D eigenvalue weighted by atomic mass is 9.96. The van der Waals surface area contributed by atoms with Crippen molar-refractivity contribution in [2.75, 3.05) is 13.1 Å². The molecule has 2 heterocycles. The predicted octanol–water partition coefficient (Wildman–Crippen LogP) is 1.72. The Morgan fingerprint density at radius 1 is 1.50 bits per heavy atom. The van der Waals surface area contributed by atoms with Crippen LogP contribution >= 0.6 is 0 Å². The molecule has 0 atom stereocenters. The Kier molecular flexibility index (Phi) is 3.61. The summed E-state index contributed by atoms with van der Waals surface area (Å²) in [5.41, 5.74) is 5.51. The van der Waals surface area contributed by atoms with E-state index in [4.69, 9.17) is 10.2 Å². The van der Waals surface area contributed by atoms with E-state index >= 15 is 0 Å². The quantitative estimate of drug-likeness (QED) is 0.847. The van der Waals surface area contributed by atoms with Gasteiger partial charge in [-0.2, -0.15) is 0 Å². The molecule has 1 fully saturated rings. The Morgan fingerprint density at radius 2 is 2.19 bits per heavy atom. The van der Waals surface area contributed by atoms with E-state index in [-0.39, 0.29) is 0 Å². The van der Waals surface area contributed by atoms with Gasteiger partial charge in [-0.25, -0.2) is 4.98 Å². The van der Waals surface area contributed by atoms with Crippen molar-refractivity contribution in [2.24, 2.45) is 5.73 Å². The van der Waals surface area contributed by atoms with Gasteiger partial charge in [0.2, 0.25) is 0 Å². The molecule has 0 saturated carbocycles. The van der Waals surface area contributed by atoms with Gasteiger partial charge in [0, 0.05) is 12.0 Å². The number of hydrogen-bond donors (Lipinski definition) is 1. The second-order valence-corrected chi connectivity index (χ2v) is 4.77. The Morgan fingerprint density at radius 3 is 2.69 bits per heavy atom. The van der Waals surface area contributed by atoms with Crippen LogP contribution in [0.5, 0.6) is 0 Å². The fourth-order valence-corrected chi connectivity index (χ4v) is 2.27. The maximum Gasteiger partial charge on any atom is 0.197 e. The zero-order valence-electron chi connectivity index (χ0n) is 10.1. The first kappa shape index (κ1) is 11.6. The predicted molar refractivity (Wildman–Crippen MR) is 63.1 cm³/mol. The molecule has 16 heavy (non-hydrogen) atoms. The lowest BCUT2D eigenvalue weighted by Gasteiger charge is -2.33. The van der Waals surface area contributed by atoms with Crippen molar-refractivity contribution in [1.82, 2.24) is 9.88 Å². The van der Waals surface area contributed by atoms with Crippen LogP contribution in [0.15, 0.2) is 10.6 Å². The van der Waals surface area contributed by atoms with Gasteiger partial charge in [-0.15, -0.1) is 0 Å². The third-order valence-corrected chi connectivity index (χ3v) is 3.38. The van der Waals surface area contributed by atoms with E-state index in [1.807, 2.05) is 0 Å². The lowest BCUT2D eigenvalue weighted by Crippen LogP contribution is -2.37. The van der Waals surface area contributed by atoms with Gasteiger partial charge in [0.15, 0.2) is 5.89 Å². The van der Waals surface area contributed by atoms with E-state index in [0.29, 0.717) is 18.5 Å². The van der Waals surface area contributed by atoms with Crippen molar-refractivity contribution in [3.63, 3.8) is 0 Å². The van der Waals surface area contributed by atoms with E-state index in [9.17, 15) is 0 Å². The highest BCUT2D eigenvalue weighted by Crippen LogP contribution is 2.28. The van der Waals surface area contributed by atoms with Crippen LogP contribution in [-0.4, -0.2) is 29.0 Å². The second-order valence-electron chi connectivity index (χ2n) is 4.77. The largest absolute Gasteiger partial charge is 0.444 e. The summed E-state index contributed by atoms with van der Waals surface area (Å²) in [7, 11) is 0. The minimum Gasteiger partial charge on any atom is -0.444 e. The van der Waals surface area contributed by atoms with Crippen LogP contribution in [0.25, 0.3) is 0 Å². The van der Waals surface area contributed by atoms with Crippen LogP contribution < -0.4 is 5.73 Å². The van der Waals surface area contributed by atoms with Crippen LogP contribution in [0.1, 0.15) is 44.3 Å². The molecule has 0 aliphatic carbocycles. The number of nitrogens with two attached hydrogens (primary N) is 1. The molecule has 4 nitrogen and oxygen atoms in total. The van der Waals surface area contributed by atoms with Gasteiger partial charge in [0.25, 0.3) is 0 Å². The first-order chi connectivity index (χ1) is 7.70. The fourth-order valence-electron chi connectivity index (χ4n) is 2.27. The first-order valence-electron chi connectivity index (χ1n) is 6.09. The van der Waals surface area contributed by atoms with Gasteiger partial charge < -0.3 is 15.1 Å². The second kappa shape index (κ2) is 4.97. The summed E-state index contributed by atoms with van der Waals surface area (Å²) in [6, 6.07) is 0.644. The maximum atomic E-state index is 5.61. The highest BCUT2D eigenvalue weighted by Gasteiger charge is 2.25. The Bertz CT molecular complexity index is 327. The van der Waals surface area contributed by atoms with Gasteiger partial charge in [-0.05, 0) is 39.8 Å². The number of rotatable bonds is 3. The third-order valence-electron chi connectivity index (χ3n) is 3.38. The van der Waals surface area contributed by atoms with Crippen LogP contribution in [0.4, 0.5) is 0 Å². The van der Waals surface area contributed by atoms with E-state index in [1.54, 1.807) is 6.20 Å². The third kappa shape index (κ3) is 2.44. The van der Waals surface area contributed by atoms with Crippen LogP contribution in [0.3, 0.4) is 0 Å². The van der Waals surface area contributed by atoms with Crippen LogP contribution in [-0.2, 0) is 6.54 Å². The molecule has 1 aromatic rings. The molecule has 4 heteroatoms. The Labute approximate surface area is 96.8 Å². The summed E-state index contributed by atoms with van der Waals surface area (Å²) in [4.78, 5) is 6.82. The standard InChI is InChI=1S/C12H21N3O/c1-9(2)15-5-3-10(4-6-15)12-14-8-11(7-13)16-12/h8-10H,3-7,13H2,1-2H3. The molecule has 0 unspecified atom stereocenters. The molecule has 1 aromatic heterocycles. The van der Waals surface area contributed by atoms with Crippen molar-refractivity contribution < 1.29 is 4.42 Å². The fraction of sp³-hybridized carbons (Fsp3) is 0.750. The van der Waals surface area contributed by atoms with Gasteiger partial charge in [0.05, 0.1) is 12.7 Å². The summed E-state index contributed by atoms with van der Waals surface area (Å²) in [6.07, 6.45) is 4.04. The van der Waals surface area contributed by atoms with E-state index in [0.717, 1.165) is 37.6 Å². The summed E-state index contributed by atoms with van der Waals surface area (Å²) in [5, 5.41) is 0. The van der Waals surface area contributed by atoms with E-state index < -0.39 is 0 Å². The number of nitrogens with zero attached hydrogens (tertiary/aromatic N) is 2. The van der Waals surface area contributed by atoms with Crippen molar-refractivity contribution in [3.8, 4) is 0 Å². The minimum atomic E-state index is 0.442. The molecule has 0 radical (unpaired) electrons. The molecule has 1 aliphatic heterocycles. The average Bonchev–Trinajstić information content (AvgIpc) is 2.77. The smallest absolute Gasteiger partial charge is 0.197 e. The van der Waals surface area contributed by atoms with Crippen molar-refractivity contribution >= 4 is 0 Å². The van der Waals surface area contributed by atoms with Gasteiger partial charge in [0.1, 0.15) is 5.76 Å². The molecule has 0 amide bonds. The number of oxazole rings is 1. The number of hydrogen-bond acceptors (Lipinski definition) is 4. The lowest BCUT2D eigenvalue weighted by molar-refractivity contribution is 0.162. The molecule has 0 aromatic carbocycles. The molecule has 90 valence electrons. The zero-order valence-corrected chi connectivity index (χ0v) is 10.1. The Balaban J connectivity index is 1.93. The number of likely N-dealkylation sites (tertiary alicyclic amines) is 1. The van der Waals surface area contributed by atoms with Crippen molar-refractivity contribution in [2.45, 2.75) is 45.2 Å². The van der Waals surface area contributed by atoms with E-state index in [1.165, 1.54) is 0 Å². The van der Waals surface area contributed by atoms with Crippen LogP contribution in [0, 0.1) is 0 Å². The highest BCUT2D eigenvalue weighted by atomic mass is 16.4. The van der Waals surface area contributed by atoms with Crippen molar-refractivity contribution in [3.05, 3.63) is 17.8 Å². The molecule has 0 spiro atoms. The Hall–Kier alpha value is -0.870. The molecule has 1 aliphatic rings. The van der Waals surface area contributed by atoms with E-state index in [2.05, 4.69) is 23.7 Å². The number of piperidine rings is 1. The average molecular weight is 223 g/mol. The number of aromatic nitrogens is 1. The summed E-state index contributed by atoms with van der Waals surface area (Å²) >= 11 is 0. The highest BCUT2D eigenvalue weighted by molar-refractivity contribution is 5.00. The van der Waals surface area contributed by atoms with Crippen LogP contribution in [0.2, 0.25) is 0 Å². The zero-order chi connectivity index (χ0) is 11.5. The molecular weight excluding hydrogens is 202 g/mol. The normalized spacial score (nSPS) is 19.5. The minimum absolute atomic E-state index is 0.442. The maximum absolute atomic E-state index is 5.61. The molecule has 2 N–H and O–H groups in total. The monoisotopic (exact) mass is 223 g/mol.